The van der Waals surface area contributed by atoms with E-state index in [1.54, 1.807) is 6.92 Å². The molecule has 1 amide bonds. The number of nitrogens with zero attached hydrogens (tertiary/aromatic N) is 2. The number of rotatable bonds is 3. The van der Waals surface area contributed by atoms with Crippen molar-refractivity contribution >= 4 is 18.3 Å². The maximum Gasteiger partial charge on any atom is 0.219 e. The maximum absolute atomic E-state index is 11.4. The third-order valence-electron chi connectivity index (χ3n) is 4.66. The Morgan fingerprint density at radius 3 is 2.53 bits per heavy atom. The third kappa shape index (κ3) is 4.33. The molecule has 1 unspecified atom stereocenters. The standard InChI is InChI=1S/C14H27N3O.ClH/c1-12(18)16(3)13-4-8-17(9-5-13)11-14(2)6-7-15-10-14;/h13,15H,4-11H2,1-3H3;1H. The Hall–Kier alpha value is -0.320. The lowest BCUT2D eigenvalue weighted by Gasteiger charge is -2.39. The fourth-order valence-electron chi connectivity index (χ4n) is 3.27. The van der Waals surface area contributed by atoms with Gasteiger partial charge in [-0.15, -0.1) is 12.4 Å². The Bertz CT molecular complexity index is 297. The van der Waals surface area contributed by atoms with Crippen LogP contribution >= 0.6 is 12.4 Å². The smallest absolute Gasteiger partial charge is 0.219 e. The molecule has 0 aromatic carbocycles. The summed E-state index contributed by atoms with van der Waals surface area (Å²) in [5.41, 5.74) is 0.458. The Labute approximate surface area is 123 Å². The van der Waals surface area contributed by atoms with Gasteiger partial charge in [0, 0.05) is 46.2 Å². The highest BCUT2D eigenvalue weighted by Crippen LogP contribution is 2.27. The van der Waals surface area contributed by atoms with Gasteiger partial charge in [0.2, 0.25) is 5.91 Å². The molecule has 2 heterocycles. The van der Waals surface area contributed by atoms with Crippen molar-refractivity contribution < 1.29 is 4.79 Å². The number of amides is 1. The minimum Gasteiger partial charge on any atom is -0.343 e. The fourth-order valence-corrected chi connectivity index (χ4v) is 3.27. The van der Waals surface area contributed by atoms with Gasteiger partial charge in [0.05, 0.1) is 0 Å². The van der Waals surface area contributed by atoms with Crippen LogP contribution in [-0.2, 0) is 4.79 Å². The van der Waals surface area contributed by atoms with Crippen LogP contribution in [0.25, 0.3) is 0 Å². The van der Waals surface area contributed by atoms with Crippen LogP contribution in [0, 0.1) is 5.41 Å². The van der Waals surface area contributed by atoms with Crippen LogP contribution in [0.1, 0.15) is 33.1 Å². The van der Waals surface area contributed by atoms with Crippen molar-refractivity contribution in [3.8, 4) is 0 Å². The van der Waals surface area contributed by atoms with E-state index >= 15 is 0 Å². The molecule has 0 aliphatic carbocycles. The third-order valence-corrected chi connectivity index (χ3v) is 4.66. The highest BCUT2D eigenvalue weighted by Gasteiger charge is 2.32. The van der Waals surface area contributed by atoms with Gasteiger partial charge < -0.3 is 15.1 Å². The van der Waals surface area contributed by atoms with Crippen LogP contribution in [0.3, 0.4) is 0 Å². The van der Waals surface area contributed by atoms with Crippen molar-refractivity contribution in [2.75, 3.05) is 39.8 Å². The Kier molecular flexibility index (Phi) is 6.09. The molecule has 0 bridgehead atoms. The van der Waals surface area contributed by atoms with Crippen LogP contribution in [-0.4, -0.2) is 61.5 Å². The zero-order valence-corrected chi connectivity index (χ0v) is 13.3. The summed E-state index contributed by atoms with van der Waals surface area (Å²) >= 11 is 0. The summed E-state index contributed by atoms with van der Waals surface area (Å²) in [6, 6.07) is 0.452. The van der Waals surface area contributed by atoms with Crippen LogP contribution in [0.2, 0.25) is 0 Å². The Morgan fingerprint density at radius 1 is 1.42 bits per heavy atom. The van der Waals surface area contributed by atoms with E-state index in [1.807, 2.05) is 11.9 Å². The predicted octanol–water partition coefficient (Wildman–Crippen LogP) is 1.35. The van der Waals surface area contributed by atoms with E-state index in [1.165, 1.54) is 19.5 Å². The number of hydrogen-bond donors (Lipinski definition) is 1. The zero-order chi connectivity index (χ0) is 13.2. The SMILES string of the molecule is CC(=O)N(C)C1CCN(CC2(C)CCNC2)CC1.Cl. The van der Waals surface area contributed by atoms with Gasteiger partial charge >= 0.3 is 0 Å². The van der Waals surface area contributed by atoms with Crippen LogP contribution in [0.5, 0.6) is 0 Å². The second kappa shape index (κ2) is 6.91. The molecule has 2 saturated heterocycles. The summed E-state index contributed by atoms with van der Waals surface area (Å²) in [4.78, 5) is 15.9. The lowest BCUT2D eigenvalue weighted by molar-refractivity contribution is -0.130. The molecule has 5 heteroatoms. The molecule has 4 nitrogen and oxygen atoms in total. The van der Waals surface area contributed by atoms with E-state index in [4.69, 9.17) is 0 Å². The van der Waals surface area contributed by atoms with Crippen molar-refractivity contribution in [2.24, 2.45) is 5.41 Å². The second-order valence-electron chi connectivity index (χ2n) is 6.37. The molecule has 1 N–H and O–H groups in total. The van der Waals surface area contributed by atoms with Gasteiger partial charge in [-0.2, -0.15) is 0 Å². The molecular weight excluding hydrogens is 262 g/mol. The molecule has 1 atom stereocenters. The molecule has 0 aromatic rings. The van der Waals surface area contributed by atoms with Gasteiger partial charge in [0.15, 0.2) is 0 Å². The van der Waals surface area contributed by atoms with E-state index < -0.39 is 0 Å². The molecule has 2 aliphatic rings. The molecule has 0 saturated carbocycles. The van der Waals surface area contributed by atoms with Gasteiger partial charge in [-0.05, 0) is 31.2 Å². The molecule has 112 valence electrons. The first-order valence-electron chi connectivity index (χ1n) is 7.17. The normalized spacial score (nSPS) is 29.0. The molecule has 2 aliphatic heterocycles. The highest BCUT2D eigenvalue weighted by atomic mass is 35.5. The number of carbonyl (C=O) groups is 1. The summed E-state index contributed by atoms with van der Waals surface area (Å²) in [6.07, 6.45) is 3.54. The van der Waals surface area contributed by atoms with E-state index in [2.05, 4.69) is 17.1 Å². The minimum absolute atomic E-state index is 0. The summed E-state index contributed by atoms with van der Waals surface area (Å²) in [5.74, 6) is 0.195. The number of likely N-dealkylation sites (tertiary alicyclic amines) is 1. The average molecular weight is 290 g/mol. The van der Waals surface area contributed by atoms with Gasteiger partial charge in [0.25, 0.3) is 0 Å². The summed E-state index contributed by atoms with van der Waals surface area (Å²) in [7, 11) is 1.94. The molecule has 2 rings (SSSR count). The molecular formula is C14H28ClN3O. The van der Waals surface area contributed by atoms with Crippen LogP contribution in [0.4, 0.5) is 0 Å². The number of piperidine rings is 1. The van der Waals surface area contributed by atoms with Gasteiger partial charge in [-0.25, -0.2) is 0 Å². The largest absolute Gasteiger partial charge is 0.343 e. The van der Waals surface area contributed by atoms with Crippen molar-refractivity contribution in [1.29, 1.82) is 0 Å². The minimum atomic E-state index is 0. The maximum atomic E-state index is 11.4. The Balaban J connectivity index is 0.00000180. The van der Waals surface area contributed by atoms with E-state index in [0.29, 0.717) is 11.5 Å². The summed E-state index contributed by atoms with van der Waals surface area (Å²) < 4.78 is 0. The Morgan fingerprint density at radius 2 is 2.05 bits per heavy atom. The second-order valence-corrected chi connectivity index (χ2v) is 6.37. The molecule has 0 spiro atoms. The van der Waals surface area contributed by atoms with Crippen LogP contribution in [0.15, 0.2) is 0 Å². The van der Waals surface area contributed by atoms with E-state index in [9.17, 15) is 4.79 Å². The number of carbonyl (C=O) groups excluding carboxylic acids is 1. The first-order chi connectivity index (χ1) is 8.50. The molecule has 0 radical (unpaired) electrons. The summed E-state index contributed by atoms with van der Waals surface area (Å²) in [6.45, 7) is 9.85. The fraction of sp³-hybridized carbons (Fsp3) is 0.929. The number of halogens is 1. The van der Waals surface area contributed by atoms with Crippen molar-refractivity contribution in [3.63, 3.8) is 0 Å². The van der Waals surface area contributed by atoms with E-state index in [-0.39, 0.29) is 18.3 Å². The van der Waals surface area contributed by atoms with Gasteiger partial charge in [-0.3, -0.25) is 4.79 Å². The predicted molar refractivity (Wildman–Crippen MR) is 80.7 cm³/mol. The lowest BCUT2D eigenvalue weighted by Crippen LogP contribution is -2.47. The average Bonchev–Trinajstić information content (AvgIpc) is 2.76. The van der Waals surface area contributed by atoms with Gasteiger partial charge in [-0.1, -0.05) is 6.92 Å². The van der Waals surface area contributed by atoms with Crippen molar-refractivity contribution in [2.45, 2.75) is 39.2 Å². The lowest BCUT2D eigenvalue weighted by atomic mass is 9.88. The monoisotopic (exact) mass is 289 g/mol. The molecule has 2 fully saturated rings. The van der Waals surface area contributed by atoms with Crippen LogP contribution < -0.4 is 5.32 Å². The molecule has 19 heavy (non-hydrogen) atoms. The van der Waals surface area contributed by atoms with Crippen molar-refractivity contribution in [1.82, 2.24) is 15.1 Å². The topological polar surface area (TPSA) is 35.6 Å². The summed E-state index contributed by atoms with van der Waals surface area (Å²) in [5, 5.41) is 3.46. The van der Waals surface area contributed by atoms with Crippen molar-refractivity contribution in [3.05, 3.63) is 0 Å². The molecule has 0 aromatic heterocycles. The number of nitrogens with one attached hydrogen (secondary N) is 1. The van der Waals surface area contributed by atoms with Gasteiger partial charge in [0.1, 0.15) is 0 Å². The zero-order valence-electron chi connectivity index (χ0n) is 12.4. The number of hydrogen-bond acceptors (Lipinski definition) is 3. The first-order valence-corrected chi connectivity index (χ1v) is 7.17. The highest BCUT2D eigenvalue weighted by molar-refractivity contribution is 5.85. The first kappa shape index (κ1) is 16.7. The quantitative estimate of drug-likeness (QED) is 0.852. The van der Waals surface area contributed by atoms with E-state index in [0.717, 1.165) is 32.5 Å².